The molecule has 0 aliphatic carbocycles. The van der Waals surface area contributed by atoms with Crippen molar-refractivity contribution in [2.45, 2.75) is 33.2 Å². The number of nitrogens with one attached hydrogen (secondary N) is 1. The van der Waals surface area contributed by atoms with E-state index in [0.717, 1.165) is 23.0 Å². The van der Waals surface area contributed by atoms with E-state index < -0.39 is 0 Å². The van der Waals surface area contributed by atoms with Gasteiger partial charge in [0.2, 0.25) is 11.7 Å². The van der Waals surface area contributed by atoms with Gasteiger partial charge >= 0.3 is 0 Å². The lowest BCUT2D eigenvalue weighted by Crippen LogP contribution is -2.19. The Morgan fingerprint density at radius 3 is 2.89 bits per heavy atom. The van der Waals surface area contributed by atoms with Gasteiger partial charge in [-0.2, -0.15) is 4.98 Å². The van der Waals surface area contributed by atoms with Crippen LogP contribution in [0.25, 0.3) is 11.4 Å². The molecule has 2 rings (SSSR count). The highest BCUT2D eigenvalue weighted by Crippen LogP contribution is 2.27. The van der Waals surface area contributed by atoms with Crippen molar-refractivity contribution in [3.8, 4) is 11.4 Å². The molecule has 0 radical (unpaired) electrons. The molecule has 0 saturated carbocycles. The fourth-order valence-electron chi connectivity index (χ4n) is 1.77. The predicted octanol–water partition coefficient (Wildman–Crippen LogP) is 3.87. The lowest BCUT2D eigenvalue weighted by Gasteiger charge is -2.06. The third-order valence-corrected chi connectivity index (χ3v) is 3.53. The summed E-state index contributed by atoms with van der Waals surface area (Å²) in [5, 5.41) is 7.38. The van der Waals surface area contributed by atoms with Crippen LogP contribution in [-0.4, -0.2) is 16.7 Å². The minimum atomic E-state index is 0.0745. The van der Waals surface area contributed by atoms with Crippen molar-refractivity contribution in [2.75, 3.05) is 6.54 Å². The number of aromatic nitrogens is 2. The molecule has 1 unspecified atom stereocenters. The number of nitrogens with zero attached hydrogens (tertiary/aromatic N) is 2. The number of halogens is 1. The summed E-state index contributed by atoms with van der Waals surface area (Å²) >= 11 is 3.53. The second-order valence-corrected chi connectivity index (χ2v) is 5.47. The van der Waals surface area contributed by atoms with E-state index in [4.69, 9.17) is 4.52 Å². The molecule has 0 spiro atoms. The summed E-state index contributed by atoms with van der Waals surface area (Å²) in [5.41, 5.74) is 2.14. The van der Waals surface area contributed by atoms with E-state index in [1.165, 1.54) is 5.56 Å². The Morgan fingerprint density at radius 1 is 1.42 bits per heavy atom. The van der Waals surface area contributed by atoms with Gasteiger partial charge in [0.15, 0.2) is 0 Å². The minimum Gasteiger partial charge on any atom is -0.337 e. The molecule has 1 heterocycles. The zero-order valence-corrected chi connectivity index (χ0v) is 13.0. The molecular weight excluding hydrogens is 306 g/mol. The van der Waals surface area contributed by atoms with Gasteiger partial charge in [0.25, 0.3) is 0 Å². The Balaban J connectivity index is 2.20. The Kier molecular flexibility index (Phi) is 4.71. The van der Waals surface area contributed by atoms with Gasteiger partial charge < -0.3 is 9.84 Å². The molecule has 0 aliphatic rings. The molecule has 1 aromatic carbocycles. The maximum absolute atomic E-state index is 5.32. The van der Waals surface area contributed by atoms with E-state index in [-0.39, 0.29) is 6.04 Å². The number of benzene rings is 1. The van der Waals surface area contributed by atoms with Crippen LogP contribution in [0, 0.1) is 6.92 Å². The van der Waals surface area contributed by atoms with Gasteiger partial charge in [-0.25, -0.2) is 0 Å². The van der Waals surface area contributed by atoms with Gasteiger partial charge in [0.05, 0.1) is 6.04 Å². The normalized spacial score (nSPS) is 12.6. The number of rotatable bonds is 5. The largest absolute Gasteiger partial charge is 0.337 e. The molecule has 102 valence electrons. The van der Waals surface area contributed by atoms with Crippen molar-refractivity contribution >= 4 is 15.9 Å². The highest BCUT2D eigenvalue weighted by molar-refractivity contribution is 9.10. The van der Waals surface area contributed by atoms with Gasteiger partial charge in [0.1, 0.15) is 0 Å². The summed E-state index contributed by atoms with van der Waals surface area (Å²) in [6.45, 7) is 7.14. The SMILES string of the molecule is CCCNC(C)c1nc(-c2ccc(C)cc2Br)no1. The average Bonchev–Trinajstić information content (AvgIpc) is 2.85. The zero-order chi connectivity index (χ0) is 13.8. The molecule has 0 saturated heterocycles. The molecule has 2 aromatic rings. The molecular formula is C14H18BrN3O. The molecule has 5 heteroatoms. The Morgan fingerprint density at radius 2 is 2.21 bits per heavy atom. The smallest absolute Gasteiger partial charge is 0.243 e. The molecule has 1 atom stereocenters. The van der Waals surface area contributed by atoms with Gasteiger partial charge in [-0.3, -0.25) is 0 Å². The van der Waals surface area contributed by atoms with Gasteiger partial charge in [-0.05, 0) is 44.5 Å². The quantitative estimate of drug-likeness (QED) is 0.907. The van der Waals surface area contributed by atoms with Crippen LogP contribution in [0.5, 0.6) is 0 Å². The standard InChI is InChI=1S/C14H18BrN3O/c1-4-7-16-10(3)14-17-13(18-19-14)11-6-5-9(2)8-12(11)15/h5-6,8,10,16H,4,7H2,1-3H3. The third-order valence-electron chi connectivity index (χ3n) is 2.88. The Bertz CT molecular complexity index is 553. The molecule has 0 aliphatic heterocycles. The fraction of sp³-hybridized carbons (Fsp3) is 0.429. The van der Waals surface area contributed by atoms with E-state index in [9.17, 15) is 0 Å². The second kappa shape index (κ2) is 6.30. The first-order valence-electron chi connectivity index (χ1n) is 6.45. The lowest BCUT2D eigenvalue weighted by molar-refractivity contribution is 0.340. The summed E-state index contributed by atoms with van der Waals surface area (Å²) < 4.78 is 6.30. The molecule has 0 fully saturated rings. The third kappa shape index (κ3) is 3.42. The highest BCUT2D eigenvalue weighted by Gasteiger charge is 2.15. The first-order chi connectivity index (χ1) is 9.11. The zero-order valence-electron chi connectivity index (χ0n) is 11.4. The molecule has 1 aromatic heterocycles. The molecule has 1 N–H and O–H groups in total. The average molecular weight is 324 g/mol. The fourth-order valence-corrected chi connectivity index (χ4v) is 2.44. The van der Waals surface area contributed by atoms with Crippen LogP contribution in [0.2, 0.25) is 0 Å². The van der Waals surface area contributed by atoms with Gasteiger partial charge in [0, 0.05) is 10.0 Å². The maximum Gasteiger partial charge on any atom is 0.243 e. The van der Waals surface area contributed by atoms with Gasteiger partial charge in [-0.1, -0.05) is 34.1 Å². The van der Waals surface area contributed by atoms with E-state index in [1.807, 2.05) is 32.0 Å². The molecule has 0 amide bonds. The van der Waals surface area contributed by atoms with Crippen LogP contribution in [0.4, 0.5) is 0 Å². The van der Waals surface area contributed by atoms with Crippen LogP contribution < -0.4 is 5.32 Å². The summed E-state index contributed by atoms with van der Waals surface area (Å²) in [7, 11) is 0. The van der Waals surface area contributed by atoms with Crippen LogP contribution in [0.15, 0.2) is 27.2 Å². The summed E-state index contributed by atoms with van der Waals surface area (Å²) in [6, 6.07) is 6.16. The van der Waals surface area contributed by atoms with Crippen molar-refractivity contribution in [1.82, 2.24) is 15.5 Å². The summed E-state index contributed by atoms with van der Waals surface area (Å²) in [4.78, 5) is 4.45. The van der Waals surface area contributed by atoms with E-state index in [0.29, 0.717) is 11.7 Å². The number of hydrogen-bond donors (Lipinski definition) is 1. The van der Waals surface area contributed by atoms with E-state index >= 15 is 0 Å². The minimum absolute atomic E-state index is 0.0745. The first-order valence-corrected chi connectivity index (χ1v) is 7.24. The maximum atomic E-state index is 5.32. The summed E-state index contributed by atoms with van der Waals surface area (Å²) in [6.07, 6.45) is 1.08. The van der Waals surface area contributed by atoms with Crippen LogP contribution in [0.3, 0.4) is 0 Å². The van der Waals surface area contributed by atoms with Crippen molar-refractivity contribution < 1.29 is 4.52 Å². The number of aryl methyl sites for hydroxylation is 1. The second-order valence-electron chi connectivity index (χ2n) is 4.62. The van der Waals surface area contributed by atoms with Crippen molar-refractivity contribution in [2.24, 2.45) is 0 Å². The van der Waals surface area contributed by atoms with Crippen molar-refractivity contribution in [3.05, 3.63) is 34.1 Å². The van der Waals surface area contributed by atoms with Crippen LogP contribution >= 0.6 is 15.9 Å². The first kappa shape index (κ1) is 14.2. The molecule has 19 heavy (non-hydrogen) atoms. The Labute approximate surface area is 121 Å². The van der Waals surface area contributed by atoms with E-state index in [1.54, 1.807) is 0 Å². The van der Waals surface area contributed by atoms with Crippen molar-refractivity contribution in [3.63, 3.8) is 0 Å². The molecule has 4 nitrogen and oxygen atoms in total. The van der Waals surface area contributed by atoms with Crippen molar-refractivity contribution in [1.29, 1.82) is 0 Å². The van der Waals surface area contributed by atoms with Gasteiger partial charge in [-0.15, -0.1) is 0 Å². The predicted molar refractivity (Wildman–Crippen MR) is 78.9 cm³/mol. The number of hydrogen-bond acceptors (Lipinski definition) is 4. The van der Waals surface area contributed by atoms with E-state index in [2.05, 4.69) is 38.3 Å². The lowest BCUT2D eigenvalue weighted by atomic mass is 10.1. The van der Waals surface area contributed by atoms with Crippen LogP contribution in [0.1, 0.15) is 37.8 Å². The topological polar surface area (TPSA) is 51.0 Å². The summed E-state index contributed by atoms with van der Waals surface area (Å²) in [5.74, 6) is 1.24. The highest BCUT2D eigenvalue weighted by atomic mass is 79.9. The molecule has 0 bridgehead atoms. The Hall–Kier alpha value is -1.20. The van der Waals surface area contributed by atoms with Crippen LogP contribution in [-0.2, 0) is 0 Å². The monoisotopic (exact) mass is 323 g/mol.